The molecule has 2 aromatic carbocycles. The van der Waals surface area contributed by atoms with Crippen molar-refractivity contribution >= 4 is 5.69 Å². The third kappa shape index (κ3) is 3.17. The highest BCUT2D eigenvalue weighted by molar-refractivity contribution is 5.53. The van der Waals surface area contributed by atoms with Gasteiger partial charge in [-0.3, -0.25) is 0 Å². The maximum absolute atomic E-state index is 3.56. The Kier molecular flexibility index (Phi) is 3.94. The smallest absolute Gasteiger partial charge is 0.0403 e. The van der Waals surface area contributed by atoms with Gasteiger partial charge in [0.25, 0.3) is 0 Å². The van der Waals surface area contributed by atoms with E-state index in [2.05, 4.69) is 70.3 Å². The third-order valence-electron chi connectivity index (χ3n) is 3.81. The van der Waals surface area contributed by atoms with Gasteiger partial charge in [0.2, 0.25) is 0 Å². The Morgan fingerprint density at radius 2 is 1.42 bits per heavy atom. The number of anilines is 1. The fraction of sp³-hybridized carbons (Fsp3) is 0.333. The minimum absolute atomic E-state index is 0.886. The average Bonchev–Trinajstić information content (AvgIpc) is 2.36. The van der Waals surface area contributed by atoms with E-state index >= 15 is 0 Å². The first kappa shape index (κ1) is 13.7. The maximum Gasteiger partial charge on any atom is 0.0403 e. The molecule has 1 heteroatoms. The summed E-state index contributed by atoms with van der Waals surface area (Å²) in [5.74, 6) is 0. The Morgan fingerprint density at radius 1 is 0.737 bits per heavy atom. The normalized spacial score (nSPS) is 10.6. The molecule has 0 atom stereocenters. The number of hydrogen-bond acceptors (Lipinski definition) is 1. The van der Waals surface area contributed by atoms with Crippen LogP contribution in [0.1, 0.15) is 33.4 Å². The van der Waals surface area contributed by atoms with Gasteiger partial charge in [0.15, 0.2) is 0 Å². The molecule has 0 radical (unpaired) electrons. The zero-order valence-electron chi connectivity index (χ0n) is 12.6. The molecule has 0 fully saturated rings. The predicted molar refractivity (Wildman–Crippen MR) is 83.9 cm³/mol. The van der Waals surface area contributed by atoms with Gasteiger partial charge in [0.05, 0.1) is 0 Å². The van der Waals surface area contributed by atoms with Crippen molar-refractivity contribution in [3.63, 3.8) is 0 Å². The van der Waals surface area contributed by atoms with Gasteiger partial charge in [-0.15, -0.1) is 0 Å². The fourth-order valence-corrected chi connectivity index (χ4v) is 2.33. The number of rotatable bonds is 3. The molecule has 0 amide bonds. The van der Waals surface area contributed by atoms with E-state index in [1.165, 1.54) is 39.1 Å². The molecule has 0 aliphatic carbocycles. The Hall–Kier alpha value is -1.76. The molecule has 19 heavy (non-hydrogen) atoms. The average molecular weight is 253 g/mol. The highest BCUT2D eigenvalue weighted by Crippen LogP contribution is 2.20. The van der Waals surface area contributed by atoms with E-state index < -0.39 is 0 Å². The van der Waals surface area contributed by atoms with E-state index in [4.69, 9.17) is 0 Å². The SMILES string of the molecule is Cc1ccc(C)c(NCc2cc(C)c(C)cc2C)c1. The zero-order valence-corrected chi connectivity index (χ0v) is 12.6. The van der Waals surface area contributed by atoms with Crippen LogP contribution in [0.15, 0.2) is 30.3 Å². The maximum atomic E-state index is 3.56. The van der Waals surface area contributed by atoms with Crippen LogP contribution < -0.4 is 5.32 Å². The lowest BCUT2D eigenvalue weighted by molar-refractivity contribution is 1.09. The van der Waals surface area contributed by atoms with Gasteiger partial charge in [-0.1, -0.05) is 24.3 Å². The van der Waals surface area contributed by atoms with E-state index in [9.17, 15) is 0 Å². The van der Waals surface area contributed by atoms with Crippen molar-refractivity contribution in [2.24, 2.45) is 0 Å². The topological polar surface area (TPSA) is 12.0 Å². The minimum atomic E-state index is 0.886. The van der Waals surface area contributed by atoms with Crippen molar-refractivity contribution in [3.8, 4) is 0 Å². The highest BCUT2D eigenvalue weighted by atomic mass is 14.9. The summed E-state index contributed by atoms with van der Waals surface area (Å²) in [6.45, 7) is 11.7. The summed E-state index contributed by atoms with van der Waals surface area (Å²) in [5.41, 5.74) is 9.30. The van der Waals surface area contributed by atoms with Gasteiger partial charge in [0, 0.05) is 12.2 Å². The van der Waals surface area contributed by atoms with Crippen LogP contribution in [0.5, 0.6) is 0 Å². The van der Waals surface area contributed by atoms with Gasteiger partial charge >= 0.3 is 0 Å². The van der Waals surface area contributed by atoms with Crippen LogP contribution in [0.25, 0.3) is 0 Å². The second-order valence-electron chi connectivity index (χ2n) is 5.53. The van der Waals surface area contributed by atoms with Crippen LogP contribution in [0.3, 0.4) is 0 Å². The second-order valence-corrected chi connectivity index (χ2v) is 5.53. The molecule has 2 rings (SSSR count). The molecule has 0 saturated carbocycles. The summed E-state index contributed by atoms with van der Waals surface area (Å²) < 4.78 is 0. The standard InChI is InChI=1S/C18H23N/c1-12-6-7-13(2)18(8-12)19-11-17-10-15(4)14(3)9-16(17)5/h6-10,19H,11H2,1-5H3. The van der Waals surface area contributed by atoms with Crippen molar-refractivity contribution in [2.75, 3.05) is 5.32 Å². The molecule has 0 bridgehead atoms. The third-order valence-corrected chi connectivity index (χ3v) is 3.81. The molecule has 100 valence electrons. The van der Waals surface area contributed by atoms with Crippen molar-refractivity contribution in [3.05, 3.63) is 63.7 Å². The monoisotopic (exact) mass is 253 g/mol. The predicted octanol–water partition coefficient (Wildman–Crippen LogP) is 4.84. The summed E-state index contributed by atoms with van der Waals surface area (Å²) in [7, 11) is 0. The van der Waals surface area contributed by atoms with Crippen molar-refractivity contribution in [2.45, 2.75) is 41.2 Å². The Labute approximate surface area is 116 Å². The molecular formula is C18H23N. The first-order chi connectivity index (χ1) is 8.97. The van der Waals surface area contributed by atoms with Crippen LogP contribution in [-0.4, -0.2) is 0 Å². The lowest BCUT2D eigenvalue weighted by Gasteiger charge is -2.14. The highest BCUT2D eigenvalue weighted by Gasteiger charge is 2.03. The van der Waals surface area contributed by atoms with Crippen LogP contribution in [0.4, 0.5) is 5.69 Å². The summed E-state index contributed by atoms with van der Waals surface area (Å²) in [5, 5.41) is 3.56. The molecule has 1 N–H and O–H groups in total. The summed E-state index contributed by atoms with van der Waals surface area (Å²) >= 11 is 0. The van der Waals surface area contributed by atoms with E-state index in [0.29, 0.717) is 0 Å². The molecular weight excluding hydrogens is 230 g/mol. The quantitative estimate of drug-likeness (QED) is 0.825. The number of nitrogens with one attached hydrogen (secondary N) is 1. The zero-order chi connectivity index (χ0) is 14.0. The lowest BCUT2D eigenvalue weighted by Crippen LogP contribution is -2.04. The van der Waals surface area contributed by atoms with E-state index in [1.54, 1.807) is 0 Å². The van der Waals surface area contributed by atoms with Crippen molar-refractivity contribution in [1.29, 1.82) is 0 Å². The first-order valence-electron chi connectivity index (χ1n) is 6.85. The lowest BCUT2D eigenvalue weighted by atomic mass is 10.0. The van der Waals surface area contributed by atoms with E-state index in [-0.39, 0.29) is 0 Å². The first-order valence-corrected chi connectivity index (χ1v) is 6.85. The Balaban J connectivity index is 2.19. The van der Waals surface area contributed by atoms with Crippen LogP contribution in [-0.2, 0) is 6.54 Å². The van der Waals surface area contributed by atoms with Crippen LogP contribution in [0.2, 0.25) is 0 Å². The Morgan fingerprint density at radius 3 is 2.16 bits per heavy atom. The number of benzene rings is 2. The molecule has 0 heterocycles. The van der Waals surface area contributed by atoms with Gasteiger partial charge in [-0.05, 0) is 74.1 Å². The molecule has 0 aliphatic rings. The van der Waals surface area contributed by atoms with Gasteiger partial charge < -0.3 is 5.32 Å². The molecule has 2 aromatic rings. The summed E-state index contributed by atoms with van der Waals surface area (Å²) in [6.07, 6.45) is 0. The van der Waals surface area contributed by atoms with Crippen molar-refractivity contribution < 1.29 is 0 Å². The molecule has 0 unspecified atom stereocenters. The second kappa shape index (κ2) is 5.48. The van der Waals surface area contributed by atoms with Crippen LogP contribution >= 0.6 is 0 Å². The molecule has 0 saturated heterocycles. The molecule has 0 aromatic heterocycles. The van der Waals surface area contributed by atoms with Gasteiger partial charge in [0.1, 0.15) is 0 Å². The molecule has 0 spiro atoms. The van der Waals surface area contributed by atoms with E-state index in [0.717, 1.165) is 6.54 Å². The molecule has 1 nitrogen and oxygen atoms in total. The summed E-state index contributed by atoms with van der Waals surface area (Å²) in [4.78, 5) is 0. The number of aryl methyl sites for hydroxylation is 5. The van der Waals surface area contributed by atoms with E-state index in [1.807, 2.05) is 0 Å². The van der Waals surface area contributed by atoms with Crippen LogP contribution in [0, 0.1) is 34.6 Å². The summed E-state index contributed by atoms with van der Waals surface area (Å²) in [6, 6.07) is 11.1. The largest absolute Gasteiger partial charge is 0.381 e. The fourth-order valence-electron chi connectivity index (χ4n) is 2.33. The van der Waals surface area contributed by atoms with Gasteiger partial charge in [-0.2, -0.15) is 0 Å². The number of hydrogen-bond donors (Lipinski definition) is 1. The van der Waals surface area contributed by atoms with Crippen molar-refractivity contribution in [1.82, 2.24) is 0 Å². The Bertz CT molecular complexity index is 597. The molecule has 0 aliphatic heterocycles. The minimum Gasteiger partial charge on any atom is -0.381 e. The van der Waals surface area contributed by atoms with Gasteiger partial charge in [-0.25, -0.2) is 0 Å².